The molecule has 1 aromatic carbocycles. The molecule has 0 aliphatic rings. The van der Waals surface area contributed by atoms with Crippen molar-refractivity contribution >= 4 is 5.71 Å². The lowest BCUT2D eigenvalue weighted by Gasteiger charge is -2.04. The van der Waals surface area contributed by atoms with Crippen LogP contribution in [0.1, 0.15) is 30.9 Å². The summed E-state index contributed by atoms with van der Waals surface area (Å²) in [6.45, 7) is 3.20. The summed E-state index contributed by atoms with van der Waals surface area (Å²) in [7, 11) is 0. The average molecular weight is 255 g/mol. The van der Waals surface area contributed by atoms with Gasteiger partial charge in [0.2, 0.25) is 0 Å². The van der Waals surface area contributed by atoms with Crippen LogP contribution in [-0.4, -0.2) is 10.9 Å². The Morgan fingerprint density at radius 3 is 2.26 bits per heavy atom. The van der Waals surface area contributed by atoms with Gasteiger partial charge in [0.15, 0.2) is 12.4 Å². The van der Waals surface area contributed by atoms with Gasteiger partial charge in [-0.15, -0.1) is 0 Å². The molecule has 0 amide bonds. The Kier molecular flexibility index (Phi) is 4.67. The lowest BCUT2D eigenvalue weighted by Crippen LogP contribution is -2.32. The molecule has 1 aromatic heterocycles. The first-order valence-electron chi connectivity index (χ1n) is 6.62. The first kappa shape index (κ1) is 13.3. The van der Waals surface area contributed by atoms with E-state index in [4.69, 9.17) is 0 Å². The van der Waals surface area contributed by atoms with E-state index in [0.29, 0.717) is 5.71 Å². The van der Waals surface area contributed by atoms with E-state index in [9.17, 15) is 5.21 Å². The molecule has 0 bridgehead atoms. The Labute approximate surface area is 113 Å². The van der Waals surface area contributed by atoms with Crippen molar-refractivity contribution < 1.29 is 9.77 Å². The van der Waals surface area contributed by atoms with Gasteiger partial charge >= 0.3 is 0 Å². The zero-order valence-electron chi connectivity index (χ0n) is 11.2. The Balaban J connectivity index is 2.21. The Morgan fingerprint density at radius 2 is 1.68 bits per heavy atom. The first-order chi connectivity index (χ1) is 9.35. The molecule has 3 heteroatoms. The second kappa shape index (κ2) is 6.69. The number of aromatic nitrogens is 1. The summed E-state index contributed by atoms with van der Waals surface area (Å²) >= 11 is 0. The maximum Gasteiger partial charge on any atom is 0.169 e. The molecule has 1 heterocycles. The molecular formula is C16H19N2O+. The average Bonchev–Trinajstić information content (AvgIpc) is 2.48. The van der Waals surface area contributed by atoms with Crippen LogP contribution in [0.15, 0.2) is 60.0 Å². The van der Waals surface area contributed by atoms with Gasteiger partial charge in [-0.1, -0.05) is 48.8 Å². The Hall–Kier alpha value is -2.16. The largest absolute Gasteiger partial charge is 0.410 e. The summed E-state index contributed by atoms with van der Waals surface area (Å²) in [5, 5.41) is 12.7. The van der Waals surface area contributed by atoms with Crippen LogP contribution < -0.4 is 4.57 Å². The number of hydrogen-bond acceptors (Lipinski definition) is 2. The second-order valence-electron chi connectivity index (χ2n) is 4.49. The summed E-state index contributed by atoms with van der Waals surface area (Å²) in [6.07, 6.45) is 6.41. The molecule has 0 saturated heterocycles. The van der Waals surface area contributed by atoms with E-state index >= 15 is 0 Å². The molecule has 0 fully saturated rings. The number of hydrogen-bond donors (Lipinski definition) is 1. The van der Waals surface area contributed by atoms with Gasteiger partial charge in [0.05, 0.1) is 0 Å². The van der Waals surface area contributed by atoms with Crippen LogP contribution in [-0.2, 0) is 6.54 Å². The van der Waals surface area contributed by atoms with Crippen molar-refractivity contribution in [2.75, 3.05) is 0 Å². The number of oxime groups is 1. The fraction of sp³-hybridized carbons (Fsp3) is 0.250. The van der Waals surface area contributed by atoms with E-state index < -0.39 is 0 Å². The molecule has 19 heavy (non-hydrogen) atoms. The van der Waals surface area contributed by atoms with Gasteiger partial charge in [-0.2, -0.15) is 0 Å². The van der Waals surface area contributed by atoms with Crippen molar-refractivity contribution in [3.8, 4) is 0 Å². The predicted molar refractivity (Wildman–Crippen MR) is 75.4 cm³/mol. The summed E-state index contributed by atoms with van der Waals surface area (Å²) in [6, 6.07) is 13.7. The van der Waals surface area contributed by atoms with Crippen molar-refractivity contribution in [2.24, 2.45) is 5.16 Å². The van der Waals surface area contributed by atoms with Crippen molar-refractivity contribution in [3.63, 3.8) is 0 Å². The zero-order valence-corrected chi connectivity index (χ0v) is 11.2. The fourth-order valence-corrected chi connectivity index (χ4v) is 1.98. The number of aryl methyl sites for hydroxylation is 1. The monoisotopic (exact) mass is 255 g/mol. The summed E-state index contributed by atoms with van der Waals surface area (Å²) in [5.41, 5.74) is 2.43. The molecule has 0 aliphatic carbocycles. The molecule has 0 unspecified atom stereocenters. The normalized spacial score (nSPS) is 11.5. The number of rotatable bonds is 5. The highest BCUT2D eigenvalue weighted by atomic mass is 16.4. The minimum atomic E-state index is 0.600. The van der Waals surface area contributed by atoms with Crippen LogP contribution in [0.5, 0.6) is 0 Å². The van der Waals surface area contributed by atoms with Crippen LogP contribution in [0.4, 0.5) is 0 Å². The van der Waals surface area contributed by atoms with Gasteiger partial charge in [-0.25, -0.2) is 4.57 Å². The minimum Gasteiger partial charge on any atom is -0.410 e. The third-order valence-corrected chi connectivity index (χ3v) is 3.08. The Morgan fingerprint density at radius 1 is 1.05 bits per heavy atom. The van der Waals surface area contributed by atoms with Crippen molar-refractivity contribution in [3.05, 3.63) is 66.0 Å². The highest BCUT2D eigenvalue weighted by Crippen LogP contribution is 2.09. The number of nitrogens with zero attached hydrogens (tertiary/aromatic N) is 2. The van der Waals surface area contributed by atoms with E-state index in [0.717, 1.165) is 17.7 Å². The fourth-order valence-electron chi connectivity index (χ4n) is 1.98. The van der Waals surface area contributed by atoms with Crippen LogP contribution in [0.2, 0.25) is 0 Å². The third-order valence-electron chi connectivity index (χ3n) is 3.08. The summed E-state index contributed by atoms with van der Waals surface area (Å²) in [4.78, 5) is 0. The second-order valence-corrected chi connectivity index (χ2v) is 4.49. The van der Waals surface area contributed by atoms with Gasteiger partial charge in [0.1, 0.15) is 12.3 Å². The van der Waals surface area contributed by atoms with Crippen LogP contribution >= 0.6 is 0 Å². The van der Waals surface area contributed by atoms with E-state index in [2.05, 4.69) is 16.6 Å². The van der Waals surface area contributed by atoms with Gasteiger partial charge < -0.3 is 5.21 Å². The lowest BCUT2D eigenvalue weighted by molar-refractivity contribution is -0.697. The molecular weight excluding hydrogens is 236 g/mol. The quantitative estimate of drug-likeness (QED) is 0.379. The highest BCUT2D eigenvalue weighted by Gasteiger charge is 2.09. The van der Waals surface area contributed by atoms with E-state index in [-0.39, 0.29) is 0 Å². The molecule has 0 aliphatic heterocycles. The summed E-state index contributed by atoms with van der Waals surface area (Å²) in [5.74, 6) is 0. The van der Waals surface area contributed by atoms with Crippen molar-refractivity contribution in [1.29, 1.82) is 0 Å². The maximum absolute atomic E-state index is 9.22. The highest BCUT2D eigenvalue weighted by molar-refractivity contribution is 6.12. The van der Waals surface area contributed by atoms with Gasteiger partial charge in [0.25, 0.3) is 0 Å². The van der Waals surface area contributed by atoms with Crippen LogP contribution in [0.3, 0.4) is 0 Å². The van der Waals surface area contributed by atoms with Crippen LogP contribution in [0, 0.1) is 0 Å². The Bertz CT molecular complexity index is 532. The molecule has 2 aromatic rings. The van der Waals surface area contributed by atoms with Gasteiger partial charge in [-0.3, -0.25) is 0 Å². The topological polar surface area (TPSA) is 36.5 Å². The smallest absolute Gasteiger partial charge is 0.169 e. The minimum absolute atomic E-state index is 0.600. The maximum atomic E-state index is 9.22. The predicted octanol–water partition coefficient (Wildman–Crippen LogP) is 3.00. The zero-order chi connectivity index (χ0) is 13.5. The van der Waals surface area contributed by atoms with Gasteiger partial charge in [0, 0.05) is 29.7 Å². The van der Waals surface area contributed by atoms with Crippen LogP contribution in [0.25, 0.3) is 0 Å². The number of unbranched alkanes of at least 4 members (excludes halogenated alkanes) is 1. The number of benzene rings is 1. The molecule has 1 N–H and O–H groups in total. The molecule has 0 radical (unpaired) electrons. The summed E-state index contributed by atoms with van der Waals surface area (Å²) < 4.78 is 2.15. The standard InChI is InChI=1S/C16H18N2O/c1-2-3-11-18-12-9-15(10-13-18)16(17-19)14-7-5-4-6-8-14/h4-10,12-13H,2-3,11H2,1H3/p+1. The molecule has 0 atom stereocenters. The van der Waals surface area contributed by atoms with E-state index in [1.165, 1.54) is 12.8 Å². The molecule has 98 valence electrons. The SMILES string of the molecule is CCCC[n+]1ccc(C(=NO)c2ccccc2)cc1. The molecule has 3 nitrogen and oxygen atoms in total. The lowest BCUT2D eigenvalue weighted by atomic mass is 10.0. The van der Waals surface area contributed by atoms with Crippen molar-refractivity contribution in [1.82, 2.24) is 0 Å². The van der Waals surface area contributed by atoms with Crippen molar-refractivity contribution in [2.45, 2.75) is 26.3 Å². The third kappa shape index (κ3) is 3.41. The van der Waals surface area contributed by atoms with Gasteiger partial charge in [-0.05, 0) is 0 Å². The molecule has 0 spiro atoms. The number of pyridine rings is 1. The molecule has 0 saturated carbocycles. The first-order valence-corrected chi connectivity index (χ1v) is 6.62. The van der Waals surface area contributed by atoms with E-state index in [1.54, 1.807) is 0 Å². The van der Waals surface area contributed by atoms with E-state index in [1.807, 2.05) is 54.9 Å². The molecule has 2 rings (SSSR count).